The summed E-state index contributed by atoms with van der Waals surface area (Å²) in [7, 11) is 0. The van der Waals surface area contributed by atoms with Gasteiger partial charge in [-0.15, -0.1) is 0 Å². The summed E-state index contributed by atoms with van der Waals surface area (Å²) in [6.45, 7) is 4.88. The van der Waals surface area contributed by atoms with Gasteiger partial charge < -0.3 is 15.8 Å². The predicted octanol–water partition coefficient (Wildman–Crippen LogP) is 1.70. The molecule has 1 aromatic carbocycles. The molecular weight excluding hydrogens is 228 g/mol. The zero-order valence-electron chi connectivity index (χ0n) is 11.1. The molecule has 0 aliphatic heterocycles. The molecule has 3 N–H and O–H groups in total. The Hall–Kier alpha value is -1.55. The van der Waals surface area contributed by atoms with Gasteiger partial charge >= 0.3 is 0 Å². The van der Waals surface area contributed by atoms with Crippen molar-refractivity contribution in [2.24, 2.45) is 5.73 Å². The van der Waals surface area contributed by atoms with E-state index in [-0.39, 0.29) is 5.91 Å². The molecule has 0 fully saturated rings. The zero-order chi connectivity index (χ0) is 13.4. The predicted molar refractivity (Wildman–Crippen MR) is 72.4 cm³/mol. The summed E-state index contributed by atoms with van der Waals surface area (Å²) < 4.78 is 5.51. The lowest BCUT2D eigenvalue weighted by Gasteiger charge is -2.17. The number of para-hydroxylation sites is 1. The minimum Gasteiger partial charge on any atom is -0.494 e. The topological polar surface area (TPSA) is 64.4 Å². The normalized spacial score (nSPS) is 11.1. The van der Waals surface area contributed by atoms with Crippen molar-refractivity contribution in [3.63, 3.8) is 0 Å². The number of hydrogen-bond acceptors (Lipinski definition) is 3. The third kappa shape index (κ3) is 6.91. The third-order valence-corrected chi connectivity index (χ3v) is 2.27. The van der Waals surface area contributed by atoms with Gasteiger partial charge in [0.1, 0.15) is 5.75 Å². The Kier molecular flexibility index (Phi) is 5.65. The molecule has 4 heteroatoms. The molecule has 0 atom stereocenters. The van der Waals surface area contributed by atoms with E-state index in [9.17, 15) is 4.79 Å². The molecule has 1 rings (SSSR count). The van der Waals surface area contributed by atoms with Gasteiger partial charge in [-0.05, 0) is 32.4 Å². The van der Waals surface area contributed by atoms with Crippen LogP contribution in [-0.4, -0.2) is 24.6 Å². The van der Waals surface area contributed by atoms with Gasteiger partial charge in [-0.25, -0.2) is 0 Å². The second kappa shape index (κ2) is 7.01. The van der Waals surface area contributed by atoms with E-state index in [0.29, 0.717) is 19.6 Å². The number of hydrogen-bond donors (Lipinski definition) is 2. The van der Waals surface area contributed by atoms with E-state index in [0.717, 1.165) is 12.2 Å². The highest BCUT2D eigenvalue weighted by molar-refractivity contribution is 5.76. The third-order valence-electron chi connectivity index (χ3n) is 2.27. The van der Waals surface area contributed by atoms with Crippen LogP contribution in [0.4, 0.5) is 0 Å². The van der Waals surface area contributed by atoms with Gasteiger partial charge in [0.2, 0.25) is 5.91 Å². The van der Waals surface area contributed by atoms with E-state index in [2.05, 4.69) is 5.32 Å². The average molecular weight is 250 g/mol. The molecular formula is C14H22N2O2. The molecule has 0 heterocycles. The van der Waals surface area contributed by atoms with Gasteiger partial charge in [-0.3, -0.25) is 4.79 Å². The Labute approximate surface area is 109 Å². The summed E-state index contributed by atoms with van der Waals surface area (Å²) in [6.07, 6.45) is 1.12. The molecule has 4 nitrogen and oxygen atoms in total. The molecule has 0 unspecified atom stereocenters. The van der Waals surface area contributed by atoms with Crippen LogP contribution in [0.25, 0.3) is 0 Å². The minimum atomic E-state index is -0.454. The minimum absolute atomic E-state index is 0.0118. The van der Waals surface area contributed by atoms with Crippen molar-refractivity contribution < 1.29 is 9.53 Å². The van der Waals surface area contributed by atoms with Crippen LogP contribution < -0.4 is 15.8 Å². The lowest BCUT2D eigenvalue weighted by molar-refractivity contribution is -0.122. The first-order valence-corrected chi connectivity index (χ1v) is 6.21. The second-order valence-electron chi connectivity index (χ2n) is 5.03. The molecule has 0 saturated carbocycles. The number of rotatable bonds is 7. The van der Waals surface area contributed by atoms with Crippen LogP contribution in [0, 0.1) is 0 Å². The molecule has 1 amide bonds. The molecule has 18 heavy (non-hydrogen) atoms. The molecule has 0 spiro atoms. The lowest BCUT2D eigenvalue weighted by atomic mass is 10.0. The number of nitrogens with two attached hydrogens (primary N) is 1. The van der Waals surface area contributed by atoms with E-state index in [1.807, 2.05) is 44.2 Å². The maximum atomic E-state index is 11.5. The van der Waals surface area contributed by atoms with Gasteiger partial charge in [-0.2, -0.15) is 0 Å². The largest absolute Gasteiger partial charge is 0.494 e. The highest BCUT2D eigenvalue weighted by Crippen LogP contribution is 2.08. The number of amides is 1. The summed E-state index contributed by atoms with van der Waals surface area (Å²) in [4.78, 5) is 11.5. The van der Waals surface area contributed by atoms with Gasteiger partial charge in [-0.1, -0.05) is 18.2 Å². The SMILES string of the molecule is CC(C)(N)CC(=O)NCCCOc1ccccc1. The van der Waals surface area contributed by atoms with Crippen LogP contribution >= 0.6 is 0 Å². The fourth-order valence-corrected chi connectivity index (χ4v) is 1.48. The Morgan fingerprint density at radius 2 is 2.00 bits per heavy atom. The summed E-state index contributed by atoms with van der Waals surface area (Å²) in [6, 6.07) is 9.63. The van der Waals surface area contributed by atoms with Crippen LogP contribution in [0.3, 0.4) is 0 Å². The summed E-state index contributed by atoms with van der Waals surface area (Å²) >= 11 is 0. The van der Waals surface area contributed by atoms with Crippen LogP contribution in [0.1, 0.15) is 26.7 Å². The van der Waals surface area contributed by atoms with Crippen molar-refractivity contribution in [3.8, 4) is 5.75 Å². The number of benzene rings is 1. The van der Waals surface area contributed by atoms with E-state index in [1.54, 1.807) is 0 Å². The Bertz CT molecular complexity index is 358. The van der Waals surface area contributed by atoms with Crippen molar-refractivity contribution in [1.82, 2.24) is 5.32 Å². The maximum absolute atomic E-state index is 11.5. The molecule has 0 aliphatic rings. The average Bonchev–Trinajstić information content (AvgIpc) is 2.27. The highest BCUT2D eigenvalue weighted by Gasteiger charge is 2.15. The fraction of sp³-hybridized carbons (Fsp3) is 0.500. The van der Waals surface area contributed by atoms with Gasteiger partial charge in [0.15, 0.2) is 0 Å². The van der Waals surface area contributed by atoms with Crippen molar-refractivity contribution in [3.05, 3.63) is 30.3 Å². The van der Waals surface area contributed by atoms with Crippen molar-refractivity contribution in [2.45, 2.75) is 32.2 Å². The summed E-state index contributed by atoms with van der Waals surface area (Å²) in [5, 5.41) is 2.83. The smallest absolute Gasteiger partial charge is 0.221 e. The maximum Gasteiger partial charge on any atom is 0.221 e. The first kappa shape index (κ1) is 14.5. The number of nitrogens with one attached hydrogen (secondary N) is 1. The Morgan fingerprint density at radius 3 is 2.61 bits per heavy atom. The van der Waals surface area contributed by atoms with Gasteiger partial charge in [0.05, 0.1) is 6.61 Å². The molecule has 100 valence electrons. The lowest BCUT2D eigenvalue weighted by Crippen LogP contribution is -2.39. The van der Waals surface area contributed by atoms with Crippen LogP contribution in [0.5, 0.6) is 5.75 Å². The van der Waals surface area contributed by atoms with E-state index in [4.69, 9.17) is 10.5 Å². The first-order valence-electron chi connectivity index (χ1n) is 6.21. The highest BCUT2D eigenvalue weighted by atomic mass is 16.5. The second-order valence-corrected chi connectivity index (χ2v) is 5.03. The number of ether oxygens (including phenoxy) is 1. The number of carbonyl (C=O) groups excluding carboxylic acids is 1. The molecule has 0 aromatic heterocycles. The van der Waals surface area contributed by atoms with Crippen LogP contribution in [0.15, 0.2) is 30.3 Å². The quantitative estimate of drug-likeness (QED) is 0.724. The monoisotopic (exact) mass is 250 g/mol. The van der Waals surface area contributed by atoms with Crippen molar-refractivity contribution >= 4 is 5.91 Å². The zero-order valence-corrected chi connectivity index (χ0v) is 11.1. The molecule has 0 bridgehead atoms. The molecule has 0 saturated heterocycles. The molecule has 0 aliphatic carbocycles. The summed E-state index contributed by atoms with van der Waals surface area (Å²) in [5.74, 6) is 0.842. The Balaban J connectivity index is 2.07. The van der Waals surface area contributed by atoms with Crippen LogP contribution in [0.2, 0.25) is 0 Å². The standard InChI is InChI=1S/C14H22N2O2/c1-14(2,15)11-13(17)16-9-6-10-18-12-7-4-3-5-8-12/h3-5,7-8H,6,9-11,15H2,1-2H3,(H,16,17). The Morgan fingerprint density at radius 1 is 1.33 bits per heavy atom. The first-order chi connectivity index (χ1) is 8.47. The summed E-state index contributed by atoms with van der Waals surface area (Å²) in [5.41, 5.74) is 5.30. The van der Waals surface area contributed by atoms with E-state index < -0.39 is 5.54 Å². The van der Waals surface area contributed by atoms with Gasteiger partial charge in [0, 0.05) is 18.5 Å². The van der Waals surface area contributed by atoms with E-state index in [1.165, 1.54) is 0 Å². The van der Waals surface area contributed by atoms with Crippen molar-refractivity contribution in [2.75, 3.05) is 13.2 Å². The van der Waals surface area contributed by atoms with Gasteiger partial charge in [0.25, 0.3) is 0 Å². The fourth-order valence-electron chi connectivity index (χ4n) is 1.48. The van der Waals surface area contributed by atoms with E-state index >= 15 is 0 Å². The molecule has 1 aromatic rings. The number of carbonyl (C=O) groups is 1. The molecule has 0 radical (unpaired) electrons. The van der Waals surface area contributed by atoms with Crippen LogP contribution in [-0.2, 0) is 4.79 Å². The van der Waals surface area contributed by atoms with Crippen molar-refractivity contribution in [1.29, 1.82) is 0 Å².